The van der Waals surface area contributed by atoms with Crippen molar-refractivity contribution in [1.82, 2.24) is 0 Å². The Morgan fingerprint density at radius 1 is 1.04 bits per heavy atom. The second-order valence-electron chi connectivity index (χ2n) is 5.11. The number of hydrogen-bond acceptors (Lipinski definition) is 3. The summed E-state index contributed by atoms with van der Waals surface area (Å²) in [5, 5.41) is 0. The van der Waals surface area contributed by atoms with E-state index in [0.717, 1.165) is 4.91 Å². The molecule has 0 radical (unpaired) electrons. The van der Waals surface area contributed by atoms with Crippen molar-refractivity contribution in [2.45, 2.75) is 81.6 Å². The van der Waals surface area contributed by atoms with Crippen LogP contribution in [0, 0.1) is 0 Å². The second-order valence-corrected chi connectivity index (χ2v) is 5.96. The molecular formula is C24H44O2S. The van der Waals surface area contributed by atoms with Gasteiger partial charge in [0, 0.05) is 10.5 Å². The molecule has 0 aliphatic rings. The minimum Gasteiger partial charge on any atom is -0.422 e. The lowest BCUT2D eigenvalue weighted by molar-refractivity contribution is -0.134. The maximum Gasteiger partial charge on any atom is 0.339 e. The van der Waals surface area contributed by atoms with E-state index in [1.807, 2.05) is 52.2 Å². The highest BCUT2D eigenvalue weighted by Gasteiger charge is 2.09. The molecule has 0 aliphatic heterocycles. The molecule has 0 unspecified atom stereocenters. The predicted molar refractivity (Wildman–Crippen MR) is 128 cm³/mol. The van der Waals surface area contributed by atoms with Gasteiger partial charge in [0.05, 0.1) is 0 Å². The molecule has 0 fully saturated rings. The van der Waals surface area contributed by atoms with Gasteiger partial charge in [-0.15, -0.1) is 11.8 Å². The number of carbonyl (C=O) groups is 1. The zero-order valence-electron chi connectivity index (χ0n) is 19.5. The van der Waals surface area contributed by atoms with E-state index in [2.05, 4.69) is 34.3 Å². The minimum atomic E-state index is -0.362. The Morgan fingerprint density at radius 2 is 1.52 bits per heavy atom. The van der Waals surface area contributed by atoms with Crippen molar-refractivity contribution < 1.29 is 9.53 Å². The molecule has 27 heavy (non-hydrogen) atoms. The normalized spacial score (nSPS) is 11.3. The van der Waals surface area contributed by atoms with E-state index in [0.29, 0.717) is 11.3 Å². The molecule has 0 heterocycles. The molecule has 0 aliphatic carbocycles. The van der Waals surface area contributed by atoms with Crippen LogP contribution in [0.5, 0.6) is 0 Å². The quantitative estimate of drug-likeness (QED) is 0.186. The summed E-state index contributed by atoms with van der Waals surface area (Å²) >= 11 is 1.51. The van der Waals surface area contributed by atoms with Crippen molar-refractivity contribution in [2.24, 2.45) is 0 Å². The first-order chi connectivity index (χ1) is 12.9. The third-order valence-corrected chi connectivity index (χ3v) is 3.31. The average molecular weight is 397 g/mol. The first-order valence-corrected chi connectivity index (χ1v) is 11.2. The molecule has 0 N–H and O–H groups in total. The predicted octanol–water partition coefficient (Wildman–Crippen LogP) is 8.64. The van der Waals surface area contributed by atoms with Crippen molar-refractivity contribution in [2.75, 3.05) is 6.26 Å². The van der Waals surface area contributed by atoms with E-state index in [-0.39, 0.29) is 5.97 Å². The van der Waals surface area contributed by atoms with Gasteiger partial charge in [-0.3, -0.25) is 0 Å². The van der Waals surface area contributed by atoms with E-state index in [4.69, 9.17) is 4.74 Å². The Labute approximate surface area is 174 Å². The molecule has 0 rings (SSSR count). The first kappa shape index (κ1) is 33.1. The molecule has 3 heteroatoms. The number of rotatable bonds is 7. The number of unbranched alkanes of at least 4 members (excludes halogenated alkanes) is 1. The second kappa shape index (κ2) is 29.3. The third kappa shape index (κ3) is 24.5. The molecule has 0 aromatic rings. The van der Waals surface area contributed by atoms with Gasteiger partial charge < -0.3 is 4.74 Å². The van der Waals surface area contributed by atoms with Crippen LogP contribution in [0.3, 0.4) is 0 Å². The summed E-state index contributed by atoms with van der Waals surface area (Å²) < 4.78 is 5.31. The molecule has 0 bridgehead atoms. The smallest absolute Gasteiger partial charge is 0.339 e. The fourth-order valence-electron chi connectivity index (χ4n) is 1.08. The highest BCUT2D eigenvalue weighted by atomic mass is 32.2. The van der Waals surface area contributed by atoms with Gasteiger partial charge in [-0.2, -0.15) is 0 Å². The maximum absolute atomic E-state index is 11.8. The zero-order valence-corrected chi connectivity index (χ0v) is 20.3. The standard InChI is InChI=1S/C15H20O2S.C4H10.C3H8.C2H6/c1-6-9-11-12(4)15(16)17-13(8-3)14(18-5)10-7-2;1-3-4-2;1-3-2;1-2/h6-11H,3H2,1-2,4-5H3;3-4H2,1-2H3;3H2,1-2H3;1-2H3/b9-6-,10-7-,12-11+,14-13-;;;. The Morgan fingerprint density at radius 3 is 1.81 bits per heavy atom. The van der Waals surface area contributed by atoms with E-state index < -0.39 is 0 Å². The van der Waals surface area contributed by atoms with Crippen molar-refractivity contribution >= 4 is 17.7 Å². The number of allylic oxidation sites excluding steroid dienone is 6. The van der Waals surface area contributed by atoms with Crippen LogP contribution in [0.4, 0.5) is 0 Å². The van der Waals surface area contributed by atoms with Gasteiger partial charge in [0.1, 0.15) is 5.76 Å². The summed E-state index contributed by atoms with van der Waals surface area (Å²) in [7, 11) is 0. The number of ether oxygens (including phenoxy) is 1. The fraction of sp³-hybridized carbons (Fsp3) is 0.542. The van der Waals surface area contributed by atoms with E-state index >= 15 is 0 Å². The molecule has 0 saturated heterocycles. The van der Waals surface area contributed by atoms with Gasteiger partial charge in [0.25, 0.3) is 0 Å². The van der Waals surface area contributed by atoms with Gasteiger partial charge in [0.15, 0.2) is 0 Å². The Kier molecular flexibility index (Phi) is 35.9. The third-order valence-electron chi connectivity index (χ3n) is 2.53. The molecule has 0 saturated carbocycles. The van der Waals surface area contributed by atoms with Crippen LogP contribution in [0.1, 0.15) is 81.6 Å². The monoisotopic (exact) mass is 396 g/mol. The number of hydrogen-bond donors (Lipinski definition) is 0. The maximum atomic E-state index is 11.8. The molecule has 0 spiro atoms. The average Bonchev–Trinajstić information content (AvgIpc) is 2.70. The van der Waals surface area contributed by atoms with Crippen LogP contribution >= 0.6 is 11.8 Å². The van der Waals surface area contributed by atoms with E-state index in [1.165, 1.54) is 31.0 Å². The van der Waals surface area contributed by atoms with E-state index in [9.17, 15) is 4.79 Å². The molecular weight excluding hydrogens is 352 g/mol. The minimum absolute atomic E-state index is 0.362. The van der Waals surface area contributed by atoms with Crippen molar-refractivity contribution in [3.05, 3.63) is 59.3 Å². The van der Waals surface area contributed by atoms with Crippen LogP contribution in [0.2, 0.25) is 0 Å². The molecule has 158 valence electrons. The lowest BCUT2D eigenvalue weighted by Gasteiger charge is -2.08. The van der Waals surface area contributed by atoms with E-state index in [1.54, 1.807) is 25.2 Å². The largest absolute Gasteiger partial charge is 0.422 e. The Hall–Kier alpha value is -1.48. The van der Waals surface area contributed by atoms with Crippen LogP contribution in [0.25, 0.3) is 0 Å². The SMILES string of the molecule is C=C/C(OC(=O)/C(C)=C/C=C\C)=C(\C=C/C)SC.CC.CCC.CCCC. The van der Waals surface area contributed by atoms with Gasteiger partial charge in [-0.05, 0) is 39.2 Å². The van der Waals surface area contributed by atoms with Crippen molar-refractivity contribution in [3.8, 4) is 0 Å². The Balaban J connectivity index is -0.000000246. The summed E-state index contributed by atoms with van der Waals surface area (Å²) in [5.74, 6) is 0.123. The summed E-state index contributed by atoms with van der Waals surface area (Å²) in [5.41, 5.74) is 0.549. The zero-order chi connectivity index (χ0) is 22.1. The summed E-state index contributed by atoms with van der Waals surface area (Å²) in [4.78, 5) is 12.7. The molecule has 0 aromatic carbocycles. The molecule has 0 aromatic heterocycles. The van der Waals surface area contributed by atoms with Gasteiger partial charge in [-0.25, -0.2) is 4.79 Å². The first-order valence-electron chi connectivity index (χ1n) is 9.98. The topological polar surface area (TPSA) is 26.3 Å². The highest BCUT2D eigenvalue weighted by Crippen LogP contribution is 2.21. The Bertz CT molecular complexity index is 453. The number of thioether (sulfide) groups is 1. The van der Waals surface area contributed by atoms with Gasteiger partial charge in [0.2, 0.25) is 0 Å². The molecule has 2 nitrogen and oxygen atoms in total. The molecule has 0 atom stereocenters. The van der Waals surface area contributed by atoms with Gasteiger partial charge in [-0.1, -0.05) is 91.7 Å². The lowest BCUT2D eigenvalue weighted by Crippen LogP contribution is -2.05. The summed E-state index contributed by atoms with van der Waals surface area (Å²) in [6.07, 6.45) is 16.5. The van der Waals surface area contributed by atoms with Crippen molar-refractivity contribution in [1.29, 1.82) is 0 Å². The lowest BCUT2D eigenvalue weighted by atomic mass is 10.3. The van der Waals surface area contributed by atoms with Crippen LogP contribution in [0.15, 0.2) is 59.3 Å². The highest BCUT2D eigenvalue weighted by molar-refractivity contribution is 8.02. The summed E-state index contributed by atoms with van der Waals surface area (Å²) in [6, 6.07) is 0. The van der Waals surface area contributed by atoms with Crippen LogP contribution < -0.4 is 0 Å². The fourth-order valence-corrected chi connectivity index (χ4v) is 1.68. The van der Waals surface area contributed by atoms with Crippen LogP contribution in [-0.2, 0) is 9.53 Å². The number of esters is 1. The van der Waals surface area contributed by atoms with Crippen molar-refractivity contribution in [3.63, 3.8) is 0 Å². The molecule has 0 amide bonds. The van der Waals surface area contributed by atoms with Crippen LogP contribution in [-0.4, -0.2) is 12.2 Å². The summed E-state index contributed by atoms with van der Waals surface area (Å²) in [6.45, 7) is 21.8. The van der Waals surface area contributed by atoms with Gasteiger partial charge >= 0.3 is 5.97 Å². The number of carbonyl (C=O) groups excluding carboxylic acids is 1.